The Labute approximate surface area is 184 Å². The summed E-state index contributed by atoms with van der Waals surface area (Å²) >= 11 is 0. The number of hydrogen-bond donors (Lipinski definition) is 1. The van der Waals surface area contributed by atoms with Gasteiger partial charge in [0, 0.05) is 5.56 Å². The van der Waals surface area contributed by atoms with Crippen molar-refractivity contribution in [1.82, 2.24) is 4.90 Å². The first-order chi connectivity index (χ1) is 15.4. The van der Waals surface area contributed by atoms with Gasteiger partial charge in [-0.25, -0.2) is 4.39 Å². The van der Waals surface area contributed by atoms with Crippen molar-refractivity contribution in [2.75, 3.05) is 6.61 Å². The molecule has 1 amide bonds. The summed E-state index contributed by atoms with van der Waals surface area (Å²) < 4.78 is 25.0. The Hall–Kier alpha value is -3.87. The van der Waals surface area contributed by atoms with Crippen LogP contribution < -0.4 is 4.74 Å². The molecular formula is C25H22FNO5. The Balaban J connectivity index is 1.84. The van der Waals surface area contributed by atoms with Gasteiger partial charge >= 0.3 is 0 Å². The molecule has 1 aliphatic rings. The van der Waals surface area contributed by atoms with Gasteiger partial charge in [-0.05, 0) is 55.3 Å². The molecule has 2 aromatic carbocycles. The van der Waals surface area contributed by atoms with Crippen molar-refractivity contribution >= 4 is 17.4 Å². The summed E-state index contributed by atoms with van der Waals surface area (Å²) in [6.07, 6.45) is 1.48. The van der Waals surface area contributed by atoms with Crippen LogP contribution in [-0.4, -0.2) is 28.3 Å². The molecule has 3 aromatic rings. The summed E-state index contributed by atoms with van der Waals surface area (Å²) in [7, 11) is 0. The predicted molar refractivity (Wildman–Crippen MR) is 115 cm³/mol. The molecule has 2 heterocycles. The van der Waals surface area contributed by atoms with Gasteiger partial charge in [-0.2, -0.15) is 0 Å². The molecule has 0 bridgehead atoms. The average molecular weight is 435 g/mol. The van der Waals surface area contributed by atoms with E-state index in [0.29, 0.717) is 29.2 Å². The zero-order valence-corrected chi connectivity index (χ0v) is 17.7. The van der Waals surface area contributed by atoms with Crippen LogP contribution in [0, 0.1) is 12.7 Å². The van der Waals surface area contributed by atoms with Crippen LogP contribution in [0.15, 0.2) is 70.9 Å². The quantitative estimate of drug-likeness (QED) is 0.343. The van der Waals surface area contributed by atoms with Crippen molar-refractivity contribution in [3.05, 3.63) is 94.7 Å². The van der Waals surface area contributed by atoms with Gasteiger partial charge in [0.1, 0.15) is 23.1 Å². The van der Waals surface area contributed by atoms with E-state index < -0.39 is 29.3 Å². The zero-order valence-electron chi connectivity index (χ0n) is 17.7. The minimum Gasteiger partial charge on any atom is -0.507 e. The summed E-state index contributed by atoms with van der Waals surface area (Å²) in [5.74, 6) is -1.42. The fourth-order valence-corrected chi connectivity index (χ4v) is 3.77. The number of amides is 1. The normalized spacial score (nSPS) is 17.7. The van der Waals surface area contributed by atoms with Crippen molar-refractivity contribution in [3.63, 3.8) is 0 Å². The van der Waals surface area contributed by atoms with Crippen molar-refractivity contribution in [3.8, 4) is 5.75 Å². The minimum absolute atomic E-state index is 0.0362. The number of Topliss-reactive ketones (excluding diaryl/α,β-unsaturated/α-hetero) is 1. The number of carbonyl (C=O) groups excluding carboxylic acids is 2. The lowest BCUT2D eigenvalue weighted by molar-refractivity contribution is -0.140. The number of nitrogens with zero attached hydrogens (tertiary/aromatic N) is 1. The van der Waals surface area contributed by atoms with Crippen LogP contribution in [0.4, 0.5) is 4.39 Å². The zero-order chi connectivity index (χ0) is 22.8. The number of ketones is 1. The topological polar surface area (TPSA) is 80.0 Å². The molecule has 7 heteroatoms. The van der Waals surface area contributed by atoms with Crippen molar-refractivity contribution in [2.45, 2.75) is 26.4 Å². The summed E-state index contributed by atoms with van der Waals surface area (Å²) in [6, 6.07) is 13.6. The first-order valence-corrected chi connectivity index (χ1v) is 10.2. The van der Waals surface area contributed by atoms with Crippen molar-refractivity contribution in [2.24, 2.45) is 0 Å². The average Bonchev–Trinajstić information content (AvgIpc) is 3.38. The van der Waals surface area contributed by atoms with E-state index in [1.807, 2.05) is 6.92 Å². The van der Waals surface area contributed by atoms with Crippen LogP contribution in [-0.2, 0) is 16.1 Å². The SMILES string of the molecule is CCOc1ccc([C@@H]2C(=C(O)c3ccc(C)c(F)c3)C(=O)C(=O)N2Cc2ccco2)cc1. The Morgan fingerprint density at radius 2 is 1.91 bits per heavy atom. The van der Waals surface area contributed by atoms with E-state index in [0.717, 1.165) is 6.07 Å². The van der Waals surface area contributed by atoms with Crippen molar-refractivity contribution < 1.29 is 28.2 Å². The lowest BCUT2D eigenvalue weighted by Crippen LogP contribution is -2.29. The third-order valence-electron chi connectivity index (χ3n) is 5.40. The molecule has 164 valence electrons. The Bertz CT molecular complexity index is 1180. The maximum Gasteiger partial charge on any atom is 0.296 e. The lowest BCUT2D eigenvalue weighted by atomic mass is 9.95. The summed E-state index contributed by atoms with van der Waals surface area (Å²) in [5, 5.41) is 11.0. The first-order valence-electron chi connectivity index (χ1n) is 10.2. The number of ether oxygens (including phenoxy) is 1. The van der Waals surface area contributed by atoms with Gasteiger partial charge in [0.05, 0.1) is 31.0 Å². The van der Waals surface area contributed by atoms with E-state index >= 15 is 0 Å². The molecule has 1 aromatic heterocycles. The molecule has 0 aliphatic carbocycles. The van der Waals surface area contributed by atoms with E-state index in [1.54, 1.807) is 43.3 Å². The summed E-state index contributed by atoms with van der Waals surface area (Å²) in [4.78, 5) is 27.3. The number of rotatable bonds is 6. The number of aryl methyl sites for hydroxylation is 1. The first kappa shape index (κ1) is 21.4. The number of aliphatic hydroxyl groups excluding tert-OH is 1. The number of carbonyl (C=O) groups is 2. The number of hydrogen-bond acceptors (Lipinski definition) is 5. The van der Waals surface area contributed by atoms with Gasteiger partial charge in [0.15, 0.2) is 0 Å². The molecule has 1 atom stereocenters. The highest BCUT2D eigenvalue weighted by Gasteiger charge is 2.46. The van der Waals surface area contributed by atoms with Gasteiger partial charge in [0.25, 0.3) is 11.7 Å². The van der Waals surface area contributed by atoms with Gasteiger partial charge < -0.3 is 19.2 Å². The van der Waals surface area contributed by atoms with E-state index in [9.17, 15) is 19.1 Å². The molecule has 1 aliphatic heterocycles. The van der Waals surface area contributed by atoms with Gasteiger partial charge in [-0.15, -0.1) is 0 Å². The van der Waals surface area contributed by atoms with Gasteiger partial charge in [0.2, 0.25) is 0 Å². The molecule has 0 radical (unpaired) electrons. The molecule has 0 spiro atoms. The van der Waals surface area contributed by atoms with Gasteiger partial charge in [-0.3, -0.25) is 9.59 Å². The predicted octanol–water partition coefficient (Wildman–Crippen LogP) is 4.75. The number of aliphatic hydroxyl groups is 1. The fourth-order valence-electron chi connectivity index (χ4n) is 3.77. The summed E-state index contributed by atoms with van der Waals surface area (Å²) in [5.41, 5.74) is 1.03. The standard InChI is InChI=1S/C25H22FNO5/c1-3-31-18-10-8-16(9-11-18)22-21(23(28)17-7-6-15(2)20(26)13-17)24(29)25(30)27(22)14-19-5-4-12-32-19/h4-13,22,28H,3,14H2,1-2H3/t22-/m1/s1. The molecule has 1 fully saturated rings. The van der Waals surface area contributed by atoms with E-state index in [4.69, 9.17) is 9.15 Å². The number of furan rings is 1. The van der Waals surface area contributed by atoms with Crippen LogP contribution in [0.3, 0.4) is 0 Å². The van der Waals surface area contributed by atoms with Gasteiger partial charge in [-0.1, -0.05) is 24.3 Å². The van der Waals surface area contributed by atoms with Crippen LogP contribution in [0.25, 0.3) is 5.76 Å². The number of halogens is 1. The van der Waals surface area contributed by atoms with Crippen LogP contribution in [0.5, 0.6) is 5.75 Å². The fraction of sp³-hybridized carbons (Fsp3) is 0.200. The van der Waals surface area contributed by atoms with E-state index in [1.165, 1.54) is 23.3 Å². The van der Waals surface area contributed by atoms with E-state index in [-0.39, 0.29) is 17.7 Å². The molecule has 6 nitrogen and oxygen atoms in total. The Morgan fingerprint density at radius 3 is 2.53 bits per heavy atom. The van der Waals surface area contributed by atoms with Crippen molar-refractivity contribution in [1.29, 1.82) is 0 Å². The molecule has 1 N–H and O–H groups in total. The van der Waals surface area contributed by atoms with Crippen LogP contribution >= 0.6 is 0 Å². The number of benzene rings is 2. The minimum atomic E-state index is -0.875. The smallest absolute Gasteiger partial charge is 0.296 e. The largest absolute Gasteiger partial charge is 0.507 e. The highest BCUT2D eigenvalue weighted by molar-refractivity contribution is 6.46. The molecule has 0 saturated carbocycles. The molecule has 32 heavy (non-hydrogen) atoms. The third-order valence-corrected chi connectivity index (χ3v) is 5.40. The maximum absolute atomic E-state index is 14.1. The monoisotopic (exact) mass is 435 g/mol. The highest BCUT2D eigenvalue weighted by atomic mass is 19.1. The Kier molecular flexibility index (Phi) is 5.81. The Morgan fingerprint density at radius 1 is 1.16 bits per heavy atom. The molecule has 0 unspecified atom stereocenters. The summed E-state index contributed by atoms with van der Waals surface area (Å²) in [6.45, 7) is 4.00. The lowest BCUT2D eigenvalue weighted by Gasteiger charge is -2.24. The second-order valence-electron chi connectivity index (χ2n) is 7.47. The second-order valence-corrected chi connectivity index (χ2v) is 7.47. The van der Waals surface area contributed by atoms with E-state index in [2.05, 4.69) is 0 Å². The molecule has 4 rings (SSSR count). The van der Waals surface area contributed by atoms with Crippen LogP contribution in [0.2, 0.25) is 0 Å². The third kappa shape index (κ3) is 3.89. The maximum atomic E-state index is 14.1. The van der Waals surface area contributed by atoms with Crippen LogP contribution in [0.1, 0.15) is 35.4 Å². The number of likely N-dealkylation sites (tertiary alicyclic amines) is 1. The highest BCUT2D eigenvalue weighted by Crippen LogP contribution is 2.40. The molecular weight excluding hydrogens is 413 g/mol. The second kappa shape index (κ2) is 8.70. The molecule has 1 saturated heterocycles.